The maximum absolute atomic E-state index is 14.0. The minimum atomic E-state index is -4.66. The first-order valence-electron chi connectivity index (χ1n) is 12.5. The number of rotatable bonds is 10. The van der Waals surface area contributed by atoms with E-state index in [1.807, 2.05) is 0 Å². The van der Waals surface area contributed by atoms with Crippen LogP contribution in [0.1, 0.15) is 23.6 Å². The minimum Gasteiger partial charge on any atom is -0.495 e. The molecule has 1 aliphatic heterocycles. The average Bonchev–Trinajstić information content (AvgIpc) is 3.20. The van der Waals surface area contributed by atoms with Crippen LogP contribution < -0.4 is 19.5 Å². The third-order valence-electron chi connectivity index (χ3n) is 5.94. The van der Waals surface area contributed by atoms with Crippen LogP contribution >= 0.6 is 27.7 Å². The molecule has 0 atom stereocenters. The molecule has 0 bridgehead atoms. The number of nitrogens with zero attached hydrogens (tertiary/aromatic N) is 1. The van der Waals surface area contributed by atoms with Crippen molar-refractivity contribution in [1.29, 1.82) is 0 Å². The monoisotopic (exact) mass is 682 g/mol. The molecule has 3 aromatic carbocycles. The lowest BCUT2D eigenvalue weighted by molar-refractivity contribution is -0.137. The van der Waals surface area contributed by atoms with Crippen LogP contribution in [0.3, 0.4) is 0 Å². The Labute approximate surface area is 256 Å². The third kappa shape index (κ3) is 7.68. The van der Waals surface area contributed by atoms with E-state index in [2.05, 4.69) is 21.2 Å². The summed E-state index contributed by atoms with van der Waals surface area (Å²) < 4.78 is 70.4. The molecule has 14 heteroatoms. The molecule has 0 spiro atoms. The second-order valence-corrected chi connectivity index (χ2v) is 10.7. The van der Waals surface area contributed by atoms with Gasteiger partial charge in [-0.25, -0.2) is 4.39 Å². The Morgan fingerprint density at radius 2 is 1.81 bits per heavy atom. The van der Waals surface area contributed by atoms with E-state index in [0.29, 0.717) is 49.8 Å². The Bertz CT molecular complexity index is 1600. The van der Waals surface area contributed by atoms with Gasteiger partial charge in [-0.3, -0.25) is 19.3 Å². The van der Waals surface area contributed by atoms with Crippen LogP contribution in [0.4, 0.5) is 28.0 Å². The van der Waals surface area contributed by atoms with Crippen molar-refractivity contribution in [3.63, 3.8) is 0 Å². The molecule has 1 saturated heterocycles. The van der Waals surface area contributed by atoms with Crippen LogP contribution in [-0.4, -0.2) is 42.2 Å². The Balaban J connectivity index is 1.50. The minimum absolute atomic E-state index is 0.00354. The van der Waals surface area contributed by atoms with Crippen molar-refractivity contribution in [2.75, 3.05) is 25.6 Å². The number of anilines is 1. The van der Waals surface area contributed by atoms with Crippen LogP contribution in [0.5, 0.6) is 17.2 Å². The van der Waals surface area contributed by atoms with Gasteiger partial charge in [0.05, 0.1) is 34.3 Å². The summed E-state index contributed by atoms with van der Waals surface area (Å²) in [7, 11) is 1.22. The topological polar surface area (TPSA) is 94.2 Å². The van der Waals surface area contributed by atoms with Crippen molar-refractivity contribution in [3.8, 4) is 17.2 Å². The predicted molar refractivity (Wildman–Crippen MR) is 155 cm³/mol. The summed E-state index contributed by atoms with van der Waals surface area (Å²) in [5.74, 6) is -1.53. The largest absolute Gasteiger partial charge is 0.495 e. The van der Waals surface area contributed by atoms with Gasteiger partial charge in [-0.1, -0.05) is 18.2 Å². The lowest BCUT2D eigenvalue weighted by atomic mass is 10.1. The van der Waals surface area contributed by atoms with Crippen LogP contribution in [0, 0.1) is 5.82 Å². The summed E-state index contributed by atoms with van der Waals surface area (Å²) in [6.45, 7) is 1.22. The lowest BCUT2D eigenvalue weighted by Crippen LogP contribution is -2.36. The molecule has 4 rings (SSSR count). The quantitative estimate of drug-likeness (QED) is 0.178. The van der Waals surface area contributed by atoms with Crippen molar-refractivity contribution in [1.82, 2.24) is 4.90 Å². The number of amides is 3. The van der Waals surface area contributed by atoms with E-state index in [0.717, 1.165) is 12.1 Å². The van der Waals surface area contributed by atoms with E-state index >= 15 is 0 Å². The van der Waals surface area contributed by atoms with Gasteiger partial charge in [-0.05, 0) is 82.7 Å². The van der Waals surface area contributed by atoms with Crippen molar-refractivity contribution >= 4 is 56.5 Å². The van der Waals surface area contributed by atoms with Gasteiger partial charge in [0, 0.05) is 5.56 Å². The first-order chi connectivity index (χ1) is 20.4. The summed E-state index contributed by atoms with van der Waals surface area (Å²) in [6.07, 6.45) is -3.24. The predicted octanol–water partition coefficient (Wildman–Crippen LogP) is 7.27. The molecule has 1 fully saturated rings. The van der Waals surface area contributed by atoms with Crippen LogP contribution in [0.25, 0.3) is 6.08 Å². The fraction of sp³-hybridized carbons (Fsp3) is 0.207. The molecule has 3 aromatic rings. The van der Waals surface area contributed by atoms with Crippen LogP contribution in [0.15, 0.2) is 64.0 Å². The maximum atomic E-state index is 14.0. The van der Waals surface area contributed by atoms with Gasteiger partial charge < -0.3 is 19.5 Å². The highest BCUT2D eigenvalue weighted by molar-refractivity contribution is 9.10. The number of alkyl halides is 3. The van der Waals surface area contributed by atoms with E-state index in [1.165, 1.54) is 19.3 Å². The van der Waals surface area contributed by atoms with Crippen LogP contribution in [0.2, 0.25) is 0 Å². The molecule has 3 amide bonds. The van der Waals surface area contributed by atoms with E-state index in [4.69, 9.17) is 14.2 Å². The van der Waals surface area contributed by atoms with Gasteiger partial charge in [-0.2, -0.15) is 13.2 Å². The average molecular weight is 683 g/mol. The Morgan fingerprint density at radius 1 is 1.07 bits per heavy atom. The number of hydrogen-bond donors (Lipinski definition) is 1. The summed E-state index contributed by atoms with van der Waals surface area (Å²) in [6, 6.07) is 11.9. The molecule has 0 aliphatic carbocycles. The molecule has 0 radical (unpaired) electrons. The molecule has 226 valence electrons. The second-order valence-electron chi connectivity index (χ2n) is 8.87. The summed E-state index contributed by atoms with van der Waals surface area (Å²) in [5, 5.41) is 1.53. The highest BCUT2D eigenvalue weighted by Gasteiger charge is 2.37. The standard InChI is InChI=1S/C29H23BrF4N2O6S/c1-3-41-23-11-16(10-19(30)26(23)42-15-17-6-4-5-7-20(17)31)12-24-27(38)36(28(39)43-24)14-25(37)35-21-13-18(29(32,33)34)8-9-22(21)40-2/h4-13H,3,14-15H2,1-2H3,(H,35,37)/b24-12-. The highest BCUT2D eigenvalue weighted by Crippen LogP contribution is 2.40. The van der Waals surface area contributed by atoms with Crippen molar-refractivity contribution in [2.24, 2.45) is 0 Å². The number of ether oxygens (including phenoxy) is 3. The molecular formula is C29H23BrF4N2O6S. The van der Waals surface area contributed by atoms with Crippen molar-refractivity contribution in [2.45, 2.75) is 19.7 Å². The zero-order chi connectivity index (χ0) is 31.3. The third-order valence-corrected chi connectivity index (χ3v) is 7.43. The molecule has 1 N–H and O–H groups in total. The fourth-order valence-corrected chi connectivity index (χ4v) is 5.36. The number of methoxy groups -OCH3 is 1. The van der Waals surface area contributed by atoms with E-state index in [-0.39, 0.29) is 29.6 Å². The molecule has 0 saturated carbocycles. The van der Waals surface area contributed by atoms with E-state index < -0.39 is 41.2 Å². The van der Waals surface area contributed by atoms with Crippen LogP contribution in [-0.2, 0) is 22.4 Å². The Morgan fingerprint density at radius 3 is 2.49 bits per heavy atom. The molecule has 8 nitrogen and oxygen atoms in total. The first kappa shape index (κ1) is 31.9. The Kier molecular flexibility index (Phi) is 10.0. The number of carbonyl (C=O) groups excluding carboxylic acids is 3. The highest BCUT2D eigenvalue weighted by atomic mass is 79.9. The summed E-state index contributed by atoms with van der Waals surface area (Å²) in [4.78, 5) is 39.0. The SMILES string of the molecule is CCOc1cc(/C=C2\SC(=O)N(CC(=O)Nc3cc(C(F)(F)F)ccc3OC)C2=O)cc(Br)c1OCc1ccccc1F. The molecule has 43 heavy (non-hydrogen) atoms. The van der Waals surface area contributed by atoms with Gasteiger partial charge in [0.15, 0.2) is 11.5 Å². The number of benzene rings is 3. The maximum Gasteiger partial charge on any atom is 0.416 e. The zero-order valence-corrected chi connectivity index (χ0v) is 25.0. The first-order valence-corrected chi connectivity index (χ1v) is 14.1. The molecular weight excluding hydrogens is 660 g/mol. The molecule has 0 unspecified atom stereocenters. The Hall–Kier alpha value is -4.04. The van der Waals surface area contributed by atoms with Gasteiger partial charge in [0.25, 0.3) is 11.1 Å². The van der Waals surface area contributed by atoms with Crippen molar-refractivity contribution in [3.05, 3.63) is 86.5 Å². The van der Waals surface area contributed by atoms with Gasteiger partial charge in [0.2, 0.25) is 5.91 Å². The van der Waals surface area contributed by atoms with Gasteiger partial charge >= 0.3 is 6.18 Å². The lowest BCUT2D eigenvalue weighted by Gasteiger charge is -2.16. The summed E-state index contributed by atoms with van der Waals surface area (Å²) >= 11 is 4.00. The second kappa shape index (κ2) is 13.5. The normalized spacial score (nSPS) is 14.3. The van der Waals surface area contributed by atoms with Gasteiger partial charge in [0.1, 0.15) is 24.7 Å². The molecule has 1 heterocycles. The number of carbonyl (C=O) groups is 3. The van der Waals surface area contributed by atoms with E-state index in [1.54, 1.807) is 37.3 Å². The zero-order valence-electron chi connectivity index (χ0n) is 22.6. The van der Waals surface area contributed by atoms with E-state index in [9.17, 15) is 31.9 Å². The summed E-state index contributed by atoms with van der Waals surface area (Å²) in [5.41, 5.74) is -0.489. The number of thioether (sulfide) groups is 1. The fourth-order valence-electron chi connectivity index (χ4n) is 3.94. The molecule has 0 aromatic heterocycles. The van der Waals surface area contributed by atoms with Gasteiger partial charge in [-0.15, -0.1) is 0 Å². The number of halogens is 5. The van der Waals surface area contributed by atoms with Crippen molar-refractivity contribution < 1.29 is 46.2 Å². The smallest absolute Gasteiger partial charge is 0.416 e. The molecule has 1 aliphatic rings. The number of imide groups is 1. The number of hydrogen-bond acceptors (Lipinski definition) is 7. The number of nitrogens with one attached hydrogen (secondary N) is 1.